The third kappa shape index (κ3) is 2.75. The van der Waals surface area contributed by atoms with E-state index in [1.807, 2.05) is 10.7 Å². The molecule has 0 aliphatic rings. The highest BCUT2D eigenvalue weighted by molar-refractivity contribution is 6.18. The molecule has 20 heavy (non-hydrogen) atoms. The van der Waals surface area contributed by atoms with Crippen molar-refractivity contribution >= 4 is 22.9 Å². The van der Waals surface area contributed by atoms with Crippen LogP contribution >= 0.6 is 11.6 Å². The van der Waals surface area contributed by atoms with Gasteiger partial charge < -0.3 is 5.32 Å². The lowest BCUT2D eigenvalue weighted by Crippen LogP contribution is -2.39. The lowest BCUT2D eigenvalue weighted by molar-refractivity contribution is 0.483. The number of fused-ring (bicyclic) bond motifs is 1. The van der Waals surface area contributed by atoms with E-state index in [1.54, 1.807) is 6.20 Å². The number of alkyl halides is 1. The molecule has 1 N–H and O–H groups in total. The summed E-state index contributed by atoms with van der Waals surface area (Å²) in [7, 11) is 0. The van der Waals surface area contributed by atoms with E-state index in [4.69, 9.17) is 11.6 Å². The first-order valence-corrected chi connectivity index (χ1v) is 7.77. The summed E-state index contributed by atoms with van der Waals surface area (Å²) in [6.45, 7) is 8.58. The SMILES string of the molecule is CCC(CC)(CCl)Nc1nccn2nc(C(C)C)cc12. The maximum absolute atomic E-state index is 6.17. The number of hydrogen-bond acceptors (Lipinski definition) is 3. The van der Waals surface area contributed by atoms with Gasteiger partial charge in [-0.2, -0.15) is 5.10 Å². The molecule has 0 bridgehead atoms. The molecule has 0 fully saturated rings. The molecular weight excluding hydrogens is 272 g/mol. The first kappa shape index (κ1) is 15.1. The fraction of sp³-hybridized carbons (Fsp3) is 0.600. The molecule has 0 unspecified atom stereocenters. The lowest BCUT2D eigenvalue weighted by atomic mass is 9.95. The summed E-state index contributed by atoms with van der Waals surface area (Å²) < 4.78 is 1.88. The molecule has 0 amide bonds. The smallest absolute Gasteiger partial charge is 0.152 e. The van der Waals surface area contributed by atoms with Crippen LogP contribution < -0.4 is 5.32 Å². The van der Waals surface area contributed by atoms with Gasteiger partial charge in [0.15, 0.2) is 5.82 Å². The Bertz CT molecular complexity index is 564. The van der Waals surface area contributed by atoms with E-state index in [0.29, 0.717) is 11.8 Å². The van der Waals surface area contributed by atoms with Gasteiger partial charge in [-0.15, -0.1) is 11.6 Å². The monoisotopic (exact) mass is 294 g/mol. The predicted molar refractivity (Wildman–Crippen MR) is 84.7 cm³/mol. The van der Waals surface area contributed by atoms with E-state index in [9.17, 15) is 0 Å². The van der Waals surface area contributed by atoms with Gasteiger partial charge in [0.05, 0.1) is 11.2 Å². The van der Waals surface area contributed by atoms with E-state index in [-0.39, 0.29) is 5.54 Å². The minimum Gasteiger partial charge on any atom is -0.362 e. The van der Waals surface area contributed by atoms with Crippen LogP contribution in [-0.2, 0) is 0 Å². The van der Waals surface area contributed by atoms with Crippen LogP contribution in [0.25, 0.3) is 5.52 Å². The fourth-order valence-electron chi connectivity index (χ4n) is 2.22. The second-order valence-corrected chi connectivity index (χ2v) is 5.84. The zero-order valence-corrected chi connectivity index (χ0v) is 13.4. The molecule has 5 heteroatoms. The van der Waals surface area contributed by atoms with Crippen molar-refractivity contribution in [2.45, 2.75) is 52.0 Å². The number of nitrogens with one attached hydrogen (secondary N) is 1. The van der Waals surface area contributed by atoms with E-state index >= 15 is 0 Å². The molecule has 2 aromatic rings. The molecule has 0 saturated carbocycles. The molecule has 0 radical (unpaired) electrons. The molecule has 4 nitrogen and oxygen atoms in total. The molecule has 2 heterocycles. The summed E-state index contributed by atoms with van der Waals surface area (Å²) in [6.07, 6.45) is 5.57. The van der Waals surface area contributed by atoms with Crippen LogP contribution in [-0.4, -0.2) is 26.0 Å². The Kier molecular flexibility index (Phi) is 4.53. The van der Waals surface area contributed by atoms with Gasteiger partial charge >= 0.3 is 0 Å². The summed E-state index contributed by atoms with van der Waals surface area (Å²) in [5.74, 6) is 1.82. The maximum Gasteiger partial charge on any atom is 0.152 e. The van der Waals surface area contributed by atoms with Crippen LogP contribution in [0.4, 0.5) is 5.82 Å². The number of anilines is 1. The summed E-state index contributed by atoms with van der Waals surface area (Å²) in [5, 5.41) is 8.12. The molecule has 0 spiro atoms. The Morgan fingerprint density at radius 2 is 2.05 bits per heavy atom. The average molecular weight is 295 g/mol. The fourth-order valence-corrected chi connectivity index (χ4v) is 2.66. The first-order valence-electron chi connectivity index (χ1n) is 7.23. The second kappa shape index (κ2) is 6.00. The van der Waals surface area contributed by atoms with Crippen molar-refractivity contribution < 1.29 is 0 Å². The van der Waals surface area contributed by atoms with Gasteiger partial charge in [-0.05, 0) is 24.8 Å². The molecular formula is C15H23ClN4. The molecule has 110 valence electrons. The highest BCUT2D eigenvalue weighted by atomic mass is 35.5. The Hall–Kier alpha value is -1.29. The Morgan fingerprint density at radius 1 is 1.35 bits per heavy atom. The highest BCUT2D eigenvalue weighted by Gasteiger charge is 2.26. The van der Waals surface area contributed by atoms with Gasteiger partial charge in [0.1, 0.15) is 5.52 Å². The normalized spacial score (nSPS) is 12.3. The zero-order chi connectivity index (χ0) is 14.8. The van der Waals surface area contributed by atoms with E-state index in [1.165, 1.54) is 0 Å². The van der Waals surface area contributed by atoms with Gasteiger partial charge in [-0.3, -0.25) is 0 Å². The van der Waals surface area contributed by atoms with Gasteiger partial charge in [0.2, 0.25) is 0 Å². The molecule has 0 aliphatic heterocycles. The van der Waals surface area contributed by atoms with Crippen LogP contribution in [0.5, 0.6) is 0 Å². The Morgan fingerprint density at radius 3 is 2.60 bits per heavy atom. The minimum absolute atomic E-state index is 0.112. The number of halogens is 1. The largest absolute Gasteiger partial charge is 0.362 e. The summed E-state index contributed by atoms with van der Waals surface area (Å²) in [4.78, 5) is 4.48. The number of aromatic nitrogens is 3. The van der Waals surface area contributed by atoms with Crippen LogP contribution in [0.2, 0.25) is 0 Å². The highest BCUT2D eigenvalue weighted by Crippen LogP contribution is 2.26. The van der Waals surface area contributed by atoms with Crippen LogP contribution in [0.1, 0.15) is 52.1 Å². The third-order valence-electron chi connectivity index (χ3n) is 3.99. The van der Waals surface area contributed by atoms with Gasteiger partial charge in [-0.25, -0.2) is 9.50 Å². The Labute approximate surface area is 125 Å². The first-order chi connectivity index (χ1) is 9.55. The topological polar surface area (TPSA) is 42.2 Å². The molecule has 2 rings (SSSR count). The van der Waals surface area contributed by atoms with Gasteiger partial charge in [-0.1, -0.05) is 27.7 Å². The zero-order valence-electron chi connectivity index (χ0n) is 12.7. The summed E-state index contributed by atoms with van der Waals surface area (Å²) >= 11 is 6.17. The van der Waals surface area contributed by atoms with E-state index < -0.39 is 0 Å². The van der Waals surface area contributed by atoms with E-state index in [0.717, 1.165) is 29.9 Å². The number of rotatable bonds is 6. The molecule has 0 atom stereocenters. The molecule has 0 aromatic carbocycles. The predicted octanol–water partition coefficient (Wildman–Crippen LogP) is 4.06. The van der Waals surface area contributed by atoms with Crippen molar-refractivity contribution in [2.24, 2.45) is 0 Å². The standard InChI is InChI=1S/C15H23ClN4/c1-5-15(6-2,10-16)18-14-13-9-12(11(3)4)19-20(13)8-7-17-14/h7-9,11H,5-6,10H2,1-4H3,(H,17,18). The summed E-state index contributed by atoms with van der Waals surface area (Å²) in [6, 6.07) is 2.10. The quantitative estimate of drug-likeness (QED) is 0.817. The average Bonchev–Trinajstić information content (AvgIpc) is 2.90. The number of hydrogen-bond donors (Lipinski definition) is 1. The van der Waals surface area contributed by atoms with Crippen LogP contribution in [0.15, 0.2) is 18.5 Å². The van der Waals surface area contributed by atoms with Crippen LogP contribution in [0.3, 0.4) is 0 Å². The van der Waals surface area contributed by atoms with Crippen molar-refractivity contribution in [2.75, 3.05) is 11.2 Å². The van der Waals surface area contributed by atoms with E-state index in [2.05, 4.69) is 49.2 Å². The Balaban J connectivity index is 2.44. The van der Waals surface area contributed by atoms with Gasteiger partial charge in [0.25, 0.3) is 0 Å². The van der Waals surface area contributed by atoms with Crippen LogP contribution in [0, 0.1) is 0 Å². The van der Waals surface area contributed by atoms with Gasteiger partial charge in [0, 0.05) is 18.3 Å². The molecule has 2 aromatic heterocycles. The van der Waals surface area contributed by atoms with Crippen molar-refractivity contribution in [1.82, 2.24) is 14.6 Å². The molecule has 0 aliphatic carbocycles. The van der Waals surface area contributed by atoms with Crippen molar-refractivity contribution in [1.29, 1.82) is 0 Å². The minimum atomic E-state index is -0.112. The second-order valence-electron chi connectivity index (χ2n) is 5.58. The van der Waals surface area contributed by atoms with Crippen molar-refractivity contribution in [3.05, 3.63) is 24.2 Å². The molecule has 0 saturated heterocycles. The summed E-state index contributed by atoms with van der Waals surface area (Å²) in [5.41, 5.74) is 1.97. The lowest BCUT2D eigenvalue weighted by Gasteiger charge is -2.31. The van der Waals surface area contributed by atoms with Crippen molar-refractivity contribution in [3.63, 3.8) is 0 Å². The number of nitrogens with zero attached hydrogens (tertiary/aromatic N) is 3. The third-order valence-corrected chi connectivity index (χ3v) is 4.50. The maximum atomic E-state index is 6.17. The van der Waals surface area contributed by atoms with Crippen molar-refractivity contribution in [3.8, 4) is 0 Å².